The van der Waals surface area contributed by atoms with Gasteiger partial charge in [0.1, 0.15) is 11.5 Å². The minimum absolute atomic E-state index is 0.289. The van der Waals surface area contributed by atoms with Crippen LogP contribution in [0.4, 0.5) is 0 Å². The predicted molar refractivity (Wildman–Crippen MR) is 39.8 cm³/mol. The Balaban J connectivity index is 2.80. The highest BCUT2D eigenvalue weighted by molar-refractivity contribution is 6.31. The summed E-state index contributed by atoms with van der Waals surface area (Å²) < 4.78 is 0. The quantitative estimate of drug-likeness (QED) is 0.514. The molecule has 0 aliphatic carbocycles. The Morgan fingerprint density at radius 3 is 3.20 bits per heavy atom. The molecule has 1 heterocycles. The molecule has 0 unspecified atom stereocenters. The van der Waals surface area contributed by atoms with E-state index in [1.807, 2.05) is 0 Å². The Labute approximate surface area is 62.7 Å². The van der Waals surface area contributed by atoms with E-state index in [0.29, 0.717) is 5.82 Å². The normalized spacial score (nSPS) is 11.5. The lowest BCUT2D eigenvalue weighted by Crippen LogP contribution is -1.74. The fourth-order valence-electron chi connectivity index (χ4n) is 0.444. The van der Waals surface area contributed by atoms with E-state index in [9.17, 15) is 0 Å². The number of nitrogens with one attached hydrogen (secondary N) is 1. The van der Waals surface area contributed by atoms with E-state index >= 15 is 0 Å². The fraction of sp³-hybridized carbons (Fsp3) is 0. The van der Waals surface area contributed by atoms with Gasteiger partial charge in [-0.05, 0) is 6.72 Å². The standard InChI is InChI=1S/C5H5ClN4/c1-7-4(6)2-5-8-3-9-10-5/h2-3H,1H2,(H,8,9,10)/b4-2-. The van der Waals surface area contributed by atoms with Crippen molar-refractivity contribution in [3.8, 4) is 0 Å². The number of aliphatic imine (C=N–C) groups is 1. The van der Waals surface area contributed by atoms with Gasteiger partial charge in [-0.25, -0.2) is 0 Å². The first-order valence-electron chi connectivity index (χ1n) is 2.53. The number of halogens is 1. The molecule has 1 N–H and O–H groups in total. The Bertz CT molecular complexity index is 238. The third kappa shape index (κ3) is 1.66. The zero-order valence-corrected chi connectivity index (χ0v) is 5.84. The SMILES string of the molecule is C=N/C(Cl)=C\c1nnc[nH]1. The summed E-state index contributed by atoms with van der Waals surface area (Å²) in [5.74, 6) is 0.567. The molecular weight excluding hydrogens is 152 g/mol. The van der Waals surface area contributed by atoms with Crippen molar-refractivity contribution in [3.63, 3.8) is 0 Å². The summed E-state index contributed by atoms with van der Waals surface area (Å²) in [6.07, 6.45) is 2.99. The molecule has 0 saturated heterocycles. The van der Waals surface area contributed by atoms with Crippen LogP contribution in [0.1, 0.15) is 5.82 Å². The van der Waals surface area contributed by atoms with Crippen molar-refractivity contribution in [1.29, 1.82) is 0 Å². The molecule has 0 amide bonds. The summed E-state index contributed by atoms with van der Waals surface area (Å²) in [7, 11) is 0. The van der Waals surface area contributed by atoms with Crippen LogP contribution in [0.15, 0.2) is 16.5 Å². The summed E-state index contributed by atoms with van der Waals surface area (Å²) in [6.45, 7) is 3.23. The molecule has 0 aromatic carbocycles. The zero-order chi connectivity index (χ0) is 7.40. The van der Waals surface area contributed by atoms with Gasteiger partial charge in [0.15, 0.2) is 5.82 Å². The van der Waals surface area contributed by atoms with Gasteiger partial charge in [-0.3, -0.25) is 4.99 Å². The van der Waals surface area contributed by atoms with E-state index in [4.69, 9.17) is 11.6 Å². The Morgan fingerprint density at radius 2 is 2.70 bits per heavy atom. The van der Waals surface area contributed by atoms with Gasteiger partial charge in [0.2, 0.25) is 0 Å². The number of aromatic amines is 1. The molecule has 0 aliphatic heterocycles. The van der Waals surface area contributed by atoms with Gasteiger partial charge in [0.25, 0.3) is 0 Å². The van der Waals surface area contributed by atoms with Crippen LogP contribution in [0.2, 0.25) is 0 Å². The second kappa shape index (κ2) is 3.12. The molecule has 1 aromatic heterocycles. The van der Waals surface area contributed by atoms with Gasteiger partial charge < -0.3 is 4.98 Å². The monoisotopic (exact) mass is 156 g/mol. The van der Waals surface area contributed by atoms with E-state index in [0.717, 1.165) is 0 Å². The number of H-pyrrole nitrogens is 1. The van der Waals surface area contributed by atoms with E-state index in [1.54, 1.807) is 0 Å². The number of nitrogens with zero attached hydrogens (tertiary/aromatic N) is 3. The first-order chi connectivity index (χ1) is 4.83. The van der Waals surface area contributed by atoms with Crippen molar-refractivity contribution in [2.75, 3.05) is 0 Å². The van der Waals surface area contributed by atoms with Crippen molar-refractivity contribution in [3.05, 3.63) is 17.3 Å². The molecule has 5 heteroatoms. The van der Waals surface area contributed by atoms with Crippen LogP contribution in [-0.4, -0.2) is 21.9 Å². The van der Waals surface area contributed by atoms with Crippen LogP contribution < -0.4 is 0 Å². The van der Waals surface area contributed by atoms with E-state index in [2.05, 4.69) is 26.9 Å². The molecule has 52 valence electrons. The minimum atomic E-state index is 0.289. The van der Waals surface area contributed by atoms with Gasteiger partial charge in [-0.2, -0.15) is 0 Å². The summed E-state index contributed by atoms with van der Waals surface area (Å²) in [6, 6.07) is 0. The second-order valence-electron chi connectivity index (χ2n) is 1.50. The first-order valence-corrected chi connectivity index (χ1v) is 2.90. The second-order valence-corrected chi connectivity index (χ2v) is 1.89. The number of hydrogen-bond donors (Lipinski definition) is 1. The van der Waals surface area contributed by atoms with E-state index in [-0.39, 0.29) is 5.16 Å². The lowest BCUT2D eigenvalue weighted by molar-refractivity contribution is 1.08. The molecule has 1 rings (SSSR count). The van der Waals surface area contributed by atoms with Crippen LogP contribution in [0.25, 0.3) is 6.08 Å². The molecule has 1 aromatic rings. The van der Waals surface area contributed by atoms with Crippen LogP contribution in [0.3, 0.4) is 0 Å². The largest absolute Gasteiger partial charge is 0.328 e. The van der Waals surface area contributed by atoms with Gasteiger partial charge in [0, 0.05) is 6.08 Å². The first kappa shape index (κ1) is 6.95. The van der Waals surface area contributed by atoms with Crippen molar-refractivity contribution in [2.24, 2.45) is 4.99 Å². The molecule has 0 atom stereocenters. The third-order valence-corrected chi connectivity index (χ3v) is 1.07. The van der Waals surface area contributed by atoms with Crippen LogP contribution >= 0.6 is 11.6 Å². The number of rotatable bonds is 2. The smallest absolute Gasteiger partial charge is 0.156 e. The van der Waals surface area contributed by atoms with Crippen molar-refractivity contribution in [1.82, 2.24) is 15.2 Å². The summed E-state index contributed by atoms with van der Waals surface area (Å²) >= 11 is 5.50. The fourth-order valence-corrected chi connectivity index (χ4v) is 0.547. The Kier molecular flexibility index (Phi) is 2.17. The van der Waals surface area contributed by atoms with Crippen molar-refractivity contribution < 1.29 is 0 Å². The van der Waals surface area contributed by atoms with Crippen LogP contribution in [0, 0.1) is 0 Å². The maximum atomic E-state index is 5.50. The number of aromatic nitrogens is 3. The van der Waals surface area contributed by atoms with Crippen molar-refractivity contribution >= 4 is 24.4 Å². The van der Waals surface area contributed by atoms with Gasteiger partial charge in [-0.1, -0.05) is 11.6 Å². The summed E-state index contributed by atoms with van der Waals surface area (Å²) in [4.78, 5) is 6.18. The van der Waals surface area contributed by atoms with E-state index in [1.165, 1.54) is 12.4 Å². The lowest BCUT2D eigenvalue weighted by Gasteiger charge is -1.82. The van der Waals surface area contributed by atoms with Crippen LogP contribution in [0.5, 0.6) is 0 Å². The summed E-state index contributed by atoms with van der Waals surface area (Å²) in [5.41, 5.74) is 0. The molecule has 0 saturated carbocycles. The van der Waals surface area contributed by atoms with Gasteiger partial charge >= 0.3 is 0 Å². The molecule has 0 bridgehead atoms. The number of hydrogen-bond acceptors (Lipinski definition) is 3. The highest BCUT2D eigenvalue weighted by Gasteiger charge is 1.90. The maximum Gasteiger partial charge on any atom is 0.156 e. The molecule has 0 fully saturated rings. The average molecular weight is 157 g/mol. The highest BCUT2D eigenvalue weighted by atomic mass is 35.5. The minimum Gasteiger partial charge on any atom is -0.328 e. The predicted octanol–water partition coefficient (Wildman–Crippen LogP) is 1.04. The maximum absolute atomic E-state index is 5.50. The van der Waals surface area contributed by atoms with Gasteiger partial charge in [0.05, 0.1) is 0 Å². The van der Waals surface area contributed by atoms with Crippen LogP contribution in [-0.2, 0) is 0 Å². The lowest BCUT2D eigenvalue weighted by atomic mass is 10.6. The molecule has 0 radical (unpaired) electrons. The topological polar surface area (TPSA) is 53.9 Å². The van der Waals surface area contributed by atoms with Crippen molar-refractivity contribution in [2.45, 2.75) is 0 Å². The Hall–Kier alpha value is -1.16. The average Bonchev–Trinajstić information content (AvgIpc) is 2.40. The highest BCUT2D eigenvalue weighted by Crippen LogP contribution is 2.05. The molecule has 10 heavy (non-hydrogen) atoms. The zero-order valence-electron chi connectivity index (χ0n) is 5.08. The van der Waals surface area contributed by atoms with E-state index < -0.39 is 0 Å². The Morgan fingerprint density at radius 1 is 1.90 bits per heavy atom. The molecule has 0 aliphatic rings. The summed E-state index contributed by atoms with van der Waals surface area (Å²) in [5, 5.41) is 7.48. The molecule has 4 nitrogen and oxygen atoms in total. The third-order valence-electron chi connectivity index (χ3n) is 0.843. The molecular formula is C5H5ClN4. The van der Waals surface area contributed by atoms with Gasteiger partial charge in [-0.15, -0.1) is 10.2 Å². The molecule has 0 spiro atoms.